The van der Waals surface area contributed by atoms with Crippen LogP contribution in [0.15, 0.2) is 11.8 Å². The average molecular weight is 194 g/mol. The van der Waals surface area contributed by atoms with E-state index in [2.05, 4.69) is 4.74 Å². The topological polar surface area (TPSA) is 26.3 Å². The van der Waals surface area contributed by atoms with Gasteiger partial charge in [0.2, 0.25) is 5.76 Å². The van der Waals surface area contributed by atoms with Gasteiger partial charge in [-0.25, -0.2) is 0 Å². The van der Waals surface area contributed by atoms with Gasteiger partial charge in [-0.15, -0.1) is 0 Å². The van der Waals surface area contributed by atoms with Gasteiger partial charge in [0, 0.05) is 12.5 Å². The number of ether oxygens (including phenoxy) is 1. The van der Waals surface area contributed by atoms with E-state index in [0.717, 1.165) is 0 Å². The molecule has 5 heteroatoms. The number of ketones is 1. The molecule has 0 fully saturated rings. The van der Waals surface area contributed by atoms with Gasteiger partial charge < -0.3 is 4.74 Å². The molecule has 0 bridgehead atoms. The van der Waals surface area contributed by atoms with Gasteiger partial charge in [-0.3, -0.25) is 4.79 Å². The van der Waals surface area contributed by atoms with Crippen LogP contribution in [0.3, 0.4) is 0 Å². The first kappa shape index (κ1) is 10.1. The summed E-state index contributed by atoms with van der Waals surface area (Å²) < 4.78 is 41.0. The first-order valence-electron chi connectivity index (χ1n) is 3.71. The standard InChI is InChI=1S/C8H9F3O2/c1-7(2)4-5(12)3-6(13-7)8(9,10)11/h3H,4H2,1-2H3. The Morgan fingerprint density at radius 2 is 2.00 bits per heavy atom. The number of carbonyl (C=O) groups is 1. The van der Waals surface area contributed by atoms with Crippen LogP contribution in [0.1, 0.15) is 20.3 Å². The molecule has 0 saturated heterocycles. The highest BCUT2D eigenvalue weighted by Crippen LogP contribution is 2.34. The minimum absolute atomic E-state index is 0.0213. The molecule has 1 rings (SSSR count). The van der Waals surface area contributed by atoms with Gasteiger partial charge in [0.15, 0.2) is 5.78 Å². The second-order valence-electron chi connectivity index (χ2n) is 3.51. The highest BCUT2D eigenvalue weighted by Gasteiger charge is 2.42. The molecule has 0 aromatic heterocycles. The minimum atomic E-state index is -4.58. The van der Waals surface area contributed by atoms with Crippen LogP contribution in [0, 0.1) is 0 Å². The van der Waals surface area contributed by atoms with E-state index in [9.17, 15) is 18.0 Å². The fraction of sp³-hybridized carbons (Fsp3) is 0.625. The zero-order valence-corrected chi connectivity index (χ0v) is 7.23. The van der Waals surface area contributed by atoms with Crippen molar-refractivity contribution in [3.63, 3.8) is 0 Å². The van der Waals surface area contributed by atoms with E-state index in [-0.39, 0.29) is 6.42 Å². The summed E-state index contributed by atoms with van der Waals surface area (Å²) in [6.07, 6.45) is -4.09. The van der Waals surface area contributed by atoms with Crippen LogP contribution < -0.4 is 0 Å². The Morgan fingerprint density at radius 1 is 1.46 bits per heavy atom. The Labute approximate surface area is 73.4 Å². The Balaban J connectivity index is 2.94. The van der Waals surface area contributed by atoms with Gasteiger partial charge in [0.05, 0.1) is 0 Å². The lowest BCUT2D eigenvalue weighted by atomic mass is 9.98. The fourth-order valence-corrected chi connectivity index (χ4v) is 1.12. The molecule has 0 spiro atoms. The van der Waals surface area contributed by atoms with Crippen LogP contribution in [-0.4, -0.2) is 17.6 Å². The second-order valence-corrected chi connectivity index (χ2v) is 3.51. The van der Waals surface area contributed by atoms with Gasteiger partial charge >= 0.3 is 6.18 Å². The predicted molar refractivity (Wildman–Crippen MR) is 38.9 cm³/mol. The summed E-state index contributed by atoms with van der Waals surface area (Å²) in [6.45, 7) is 2.90. The van der Waals surface area contributed by atoms with E-state index in [1.165, 1.54) is 13.8 Å². The number of allylic oxidation sites excluding steroid dienone is 2. The Hall–Kier alpha value is -1.00. The zero-order valence-electron chi connectivity index (χ0n) is 7.23. The number of hydrogen-bond acceptors (Lipinski definition) is 2. The summed E-state index contributed by atoms with van der Waals surface area (Å²) in [4.78, 5) is 10.9. The maximum atomic E-state index is 12.1. The Bertz CT molecular complexity index is 263. The quantitative estimate of drug-likeness (QED) is 0.590. The molecule has 0 atom stereocenters. The molecule has 0 aromatic rings. The van der Waals surface area contributed by atoms with Crippen molar-refractivity contribution in [1.29, 1.82) is 0 Å². The van der Waals surface area contributed by atoms with Crippen molar-refractivity contribution in [3.05, 3.63) is 11.8 Å². The van der Waals surface area contributed by atoms with Crippen LogP contribution in [0.4, 0.5) is 13.2 Å². The number of hydrogen-bond donors (Lipinski definition) is 0. The van der Waals surface area contributed by atoms with Crippen molar-refractivity contribution in [1.82, 2.24) is 0 Å². The molecule has 1 aliphatic heterocycles. The molecule has 13 heavy (non-hydrogen) atoms. The van der Waals surface area contributed by atoms with Crippen LogP contribution >= 0.6 is 0 Å². The summed E-state index contributed by atoms with van der Waals surface area (Å²) in [5, 5.41) is 0. The second kappa shape index (κ2) is 2.75. The number of carbonyl (C=O) groups excluding carboxylic acids is 1. The van der Waals surface area contributed by atoms with Crippen LogP contribution in [0.2, 0.25) is 0 Å². The molecule has 74 valence electrons. The number of rotatable bonds is 0. The Morgan fingerprint density at radius 3 is 2.38 bits per heavy atom. The lowest BCUT2D eigenvalue weighted by Gasteiger charge is -2.31. The van der Waals surface area contributed by atoms with Gasteiger partial charge in [0.25, 0.3) is 0 Å². The van der Waals surface area contributed by atoms with E-state index < -0.39 is 23.3 Å². The third kappa shape index (κ3) is 2.47. The first-order chi connectivity index (χ1) is 5.71. The highest BCUT2D eigenvalue weighted by atomic mass is 19.4. The minimum Gasteiger partial charge on any atom is -0.482 e. The predicted octanol–water partition coefficient (Wildman–Crippen LogP) is 2.20. The van der Waals surface area contributed by atoms with Crippen LogP contribution in [-0.2, 0) is 9.53 Å². The largest absolute Gasteiger partial charge is 0.482 e. The molecule has 0 radical (unpaired) electrons. The monoisotopic (exact) mass is 194 g/mol. The molecule has 0 N–H and O–H groups in total. The van der Waals surface area contributed by atoms with Crippen molar-refractivity contribution in [3.8, 4) is 0 Å². The van der Waals surface area contributed by atoms with Crippen molar-refractivity contribution in [2.75, 3.05) is 0 Å². The van der Waals surface area contributed by atoms with E-state index in [1.54, 1.807) is 0 Å². The van der Waals surface area contributed by atoms with Crippen molar-refractivity contribution in [2.45, 2.75) is 32.0 Å². The van der Waals surface area contributed by atoms with Gasteiger partial charge in [-0.05, 0) is 13.8 Å². The lowest BCUT2D eigenvalue weighted by molar-refractivity contribution is -0.162. The molecule has 0 unspecified atom stereocenters. The first-order valence-corrected chi connectivity index (χ1v) is 3.71. The SMILES string of the molecule is CC1(C)CC(=O)C=C(C(F)(F)F)O1. The molecule has 1 heterocycles. The molecule has 0 amide bonds. The van der Waals surface area contributed by atoms with Gasteiger partial charge in [-0.2, -0.15) is 13.2 Å². The van der Waals surface area contributed by atoms with E-state index in [4.69, 9.17) is 0 Å². The van der Waals surface area contributed by atoms with Crippen LogP contribution in [0.25, 0.3) is 0 Å². The molecule has 0 saturated carbocycles. The lowest BCUT2D eigenvalue weighted by Crippen LogP contribution is -2.35. The fourth-order valence-electron chi connectivity index (χ4n) is 1.12. The van der Waals surface area contributed by atoms with E-state index >= 15 is 0 Å². The summed E-state index contributed by atoms with van der Waals surface area (Å²) >= 11 is 0. The molecule has 0 aromatic carbocycles. The summed E-state index contributed by atoms with van der Waals surface area (Å²) in [5.41, 5.74) is -1.06. The number of alkyl halides is 3. The van der Waals surface area contributed by atoms with Crippen molar-refractivity contribution in [2.24, 2.45) is 0 Å². The third-order valence-corrected chi connectivity index (χ3v) is 1.56. The van der Waals surface area contributed by atoms with Gasteiger partial charge in [0.1, 0.15) is 5.60 Å². The highest BCUT2D eigenvalue weighted by molar-refractivity contribution is 5.91. The van der Waals surface area contributed by atoms with E-state index in [0.29, 0.717) is 6.08 Å². The summed E-state index contributed by atoms with van der Waals surface area (Å²) in [6, 6.07) is 0. The zero-order chi connectivity index (χ0) is 10.3. The van der Waals surface area contributed by atoms with Crippen molar-refractivity contribution < 1.29 is 22.7 Å². The molecule has 2 nitrogen and oxygen atoms in total. The molecular weight excluding hydrogens is 185 g/mol. The van der Waals surface area contributed by atoms with Crippen LogP contribution in [0.5, 0.6) is 0 Å². The molecular formula is C8H9F3O2. The maximum absolute atomic E-state index is 12.1. The van der Waals surface area contributed by atoms with Crippen molar-refractivity contribution >= 4 is 5.78 Å². The summed E-state index contributed by atoms with van der Waals surface area (Å²) in [7, 11) is 0. The van der Waals surface area contributed by atoms with E-state index in [1.807, 2.05) is 0 Å². The Kier molecular flexibility index (Phi) is 2.13. The normalized spacial score (nSPS) is 22.2. The third-order valence-electron chi connectivity index (χ3n) is 1.56. The molecule has 1 aliphatic rings. The number of halogens is 3. The smallest absolute Gasteiger partial charge is 0.449 e. The maximum Gasteiger partial charge on any atom is 0.449 e. The summed E-state index contributed by atoms with van der Waals surface area (Å²) in [5.74, 6) is -1.75. The average Bonchev–Trinajstić information content (AvgIpc) is 1.79. The molecule has 0 aliphatic carbocycles. The van der Waals surface area contributed by atoms with Gasteiger partial charge in [-0.1, -0.05) is 0 Å².